The third-order valence-corrected chi connectivity index (χ3v) is 4.06. The first kappa shape index (κ1) is 15.5. The zero-order valence-electron chi connectivity index (χ0n) is 11.7. The fourth-order valence-corrected chi connectivity index (χ4v) is 2.18. The molecule has 21 heavy (non-hydrogen) atoms. The van der Waals surface area contributed by atoms with Crippen LogP contribution in [0, 0.1) is 0 Å². The van der Waals surface area contributed by atoms with E-state index in [-0.39, 0.29) is 12.3 Å². The second-order valence-corrected chi connectivity index (χ2v) is 6.26. The Bertz CT molecular complexity index is 682. The maximum Gasteiger partial charge on any atom is 0.213 e. The third kappa shape index (κ3) is 4.28. The van der Waals surface area contributed by atoms with E-state index in [9.17, 15) is 8.42 Å². The summed E-state index contributed by atoms with van der Waals surface area (Å²) in [6.45, 7) is 0.563. The molecular weight excluding hydrogens is 296 g/mol. The van der Waals surface area contributed by atoms with Gasteiger partial charge < -0.3 is 4.74 Å². The summed E-state index contributed by atoms with van der Waals surface area (Å²) in [6, 6.07) is 0. The van der Waals surface area contributed by atoms with Gasteiger partial charge in [-0.1, -0.05) is 5.21 Å². The Morgan fingerprint density at radius 1 is 1.33 bits per heavy atom. The van der Waals surface area contributed by atoms with Gasteiger partial charge in [0, 0.05) is 25.1 Å². The molecule has 1 N–H and O–H groups in total. The largest absolute Gasteiger partial charge is 0.377 e. The number of hydrogen-bond acceptors (Lipinski definition) is 7. The first-order valence-electron chi connectivity index (χ1n) is 6.15. The van der Waals surface area contributed by atoms with Crippen LogP contribution < -0.4 is 4.72 Å². The van der Waals surface area contributed by atoms with Crippen molar-refractivity contribution in [3.8, 4) is 11.3 Å². The molecular formula is C11H16N6O3S. The summed E-state index contributed by atoms with van der Waals surface area (Å²) in [5.41, 5.74) is 1.29. The van der Waals surface area contributed by atoms with Gasteiger partial charge in [0.25, 0.3) is 0 Å². The lowest BCUT2D eigenvalue weighted by molar-refractivity contribution is 0.178. The van der Waals surface area contributed by atoms with Crippen molar-refractivity contribution >= 4 is 10.0 Å². The van der Waals surface area contributed by atoms with Crippen molar-refractivity contribution in [2.75, 3.05) is 19.9 Å². The van der Waals surface area contributed by atoms with Crippen molar-refractivity contribution in [1.82, 2.24) is 29.7 Å². The molecule has 0 fully saturated rings. The SMILES string of the molecule is CNS(=O)(=O)CCn1cc(-c2cnc(COC)nc2)nn1. The number of ether oxygens (including phenoxy) is 1. The molecule has 10 heteroatoms. The van der Waals surface area contributed by atoms with E-state index in [0.717, 1.165) is 0 Å². The highest BCUT2D eigenvalue weighted by Gasteiger charge is 2.10. The Balaban J connectivity index is 2.05. The molecule has 0 aliphatic heterocycles. The fraction of sp³-hybridized carbons (Fsp3) is 0.455. The van der Waals surface area contributed by atoms with Crippen LogP contribution in [0.15, 0.2) is 18.6 Å². The van der Waals surface area contributed by atoms with E-state index in [1.54, 1.807) is 25.7 Å². The lowest BCUT2D eigenvalue weighted by Crippen LogP contribution is -2.24. The molecule has 2 aromatic rings. The van der Waals surface area contributed by atoms with Crippen molar-refractivity contribution < 1.29 is 13.2 Å². The van der Waals surface area contributed by atoms with E-state index in [0.29, 0.717) is 23.7 Å². The zero-order chi connectivity index (χ0) is 15.3. The van der Waals surface area contributed by atoms with Crippen molar-refractivity contribution in [3.05, 3.63) is 24.4 Å². The van der Waals surface area contributed by atoms with Gasteiger partial charge in [-0.2, -0.15) is 0 Å². The molecule has 9 nitrogen and oxygen atoms in total. The standard InChI is InChI=1S/C11H16N6O3S/c1-12-21(18,19)4-3-17-7-10(15-16-17)9-5-13-11(8-20-2)14-6-9/h5-7,12H,3-4,8H2,1-2H3. The fourth-order valence-electron chi connectivity index (χ4n) is 1.55. The van der Waals surface area contributed by atoms with Crippen molar-refractivity contribution in [2.24, 2.45) is 0 Å². The van der Waals surface area contributed by atoms with Gasteiger partial charge in [-0.05, 0) is 7.05 Å². The molecule has 0 aliphatic rings. The highest BCUT2D eigenvalue weighted by atomic mass is 32.2. The number of nitrogens with one attached hydrogen (secondary N) is 1. The summed E-state index contributed by atoms with van der Waals surface area (Å²) in [4.78, 5) is 8.27. The molecule has 0 saturated heterocycles. The first-order chi connectivity index (χ1) is 10.0. The van der Waals surface area contributed by atoms with Crippen LogP contribution in [0.2, 0.25) is 0 Å². The van der Waals surface area contributed by atoms with Gasteiger partial charge in [-0.25, -0.2) is 23.1 Å². The minimum Gasteiger partial charge on any atom is -0.377 e. The highest BCUT2D eigenvalue weighted by Crippen LogP contribution is 2.13. The Kier molecular flexibility index (Phi) is 4.94. The molecule has 2 aromatic heterocycles. The van der Waals surface area contributed by atoms with Crippen LogP contribution in [0.5, 0.6) is 0 Å². The molecule has 0 saturated carbocycles. The Morgan fingerprint density at radius 3 is 2.67 bits per heavy atom. The summed E-state index contributed by atoms with van der Waals surface area (Å²) in [7, 11) is -0.315. The van der Waals surface area contributed by atoms with Crippen LogP contribution in [-0.4, -0.2) is 53.3 Å². The molecule has 114 valence electrons. The van der Waals surface area contributed by atoms with Crippen LogP contribution in [0.3, 0.4) is 0 Å². The van der Waals surface area contributed by atoms with Crippen molar-refractivity contribution in [2.45, 2.75) is 13.2 Å². The lowest BCUT2D eigenvalue weighted by Gasteiger charge is -2.01. The van der Waals surface area contributed by atoms with Crippen LogP contribution >= 0.6 is 0 Å². The van der Waals surface area contributed by atoms with Crippen molar-refractivity contribution in [1.29, 1.82) is 0 Å². The Hall–Kier alpha value is -1.91. The normalized spacial score (nSPS) is 11.7. The molecule has 0 bridgehead atoms. The van der Waals surface area contributed by atoms with Gasteiger partial charge >= 0.3 is 0 Å². The number of hydrogen-bond donors (Lipinski definition) is 1. The van der Waals surface area contributed by atoms with Crippen LogP contribution in [0.1, 0.15) is 5.82 Å². The molecule has 0 atom stereocenters. The topological polar surface area (TPSA) is 112 Å². The molecule has 0 aliphatic carbocycles. The molecule has 0 radical (unpaired) electrons. The quantitative estimate of drug-likeness (QED) is 0.728. The summed E-state index contributed by atoms with van der Waals surface area (Å²) < 4.78 is 31.3. The molecule has 0 aromatic carbocycles. The predicted molar refractivity (Wildman–Crippen MR) is 74.6 cm³/mol. The summed E-state index contributed by atoms with van der Waals surface area (Å²) in [6.07, 6.45) is 4.90. The monoisotopic (exact) mass is 312 g/mol. The molecule has 2 rings (SSSR count). The van der Waals surface area contributed by atoms with Gasteiger partial charge in [0.1, 0.15) is 12.3 Å². The van der Waals surface area contributed by atoms with Gasteiger partial charge in [-0.15, -0.1) is 5.10 Å². The number of methoxy groups -OCH3 is 1. The van der Waals surface area contributed by atoms with Crippen molar-refractivity contribution in [3.63, 3.8) is 0 Å². The van der Waals surface area contributed by atoms with Crippen LogP contribution in [0.25, 0.3) is 11.3 Å². The minimum atomic E-state index is -3.26. The lowest BCUT2D eigenvalue weighted by atomic mass is 10.3. The second-order valence-electron chi connectivity index (χ2n) is 4.21. The van der Waals surface area contributed by atoms with E-state index < -0.39 is 10.0 Å². The minimum absolute atomic E-state index is 0.0599. The predicted octanol–water partition coefficient (Wildman–Crippen LogP) is -0.569. The second kappa shape index (κ2) is 6.70. The van der Waals surface area contributed by atoms with Crippen LogP contribution in [0.4, 0.5) is 0 Å². The molecule has 0 amide bonds. The smallest absolute Gasteiger partial charge is 0.213 e. The Morgan fingerprint density at radius 2 is 2.05 bits per heavy atom. The van der Waals surface area contributed by atoms with Gasteiger partial charge in [0.05, 0.1) is 18.5 Å². The third-order valence-electron chi connectivity index (χ3n) is 2.71. The number of rotatable bonds is 7. The van der Waals surface area contributed by atoms with Gasteiger partial charge in [0.15, 0.2) is 5.82 Å². The molecule has 0 unspecified atom stereocenters. The maximum atomic E-state index is 11.3. The first-order valence-corrected chi connectivity index (χ1v) is 7.81. The van der Waals surface area contributed by atoms with Gasteiger partial charge in [-0.3, -0.25) is 4.68 Å². The average molecular weight is 312 g/mol. The average Bonchev–Trinajstić information content (AvgIpc) is 2.95. The van der Waals surface area contributed by atoms with Gasteiger partial charge in [0.2, 0.25) is 10.0 Å². The summed E-state index contributed by atoms with van der Waals surface area (Å²) in [5, 5.41) is 7.86. The van der Waals surface area contributed by atoms with E-state index in [2.05, 4.69) is 25.0 Å². The van der Waals surface area contributed by atoms with Crippen LogP contribution in [-0.2, 0) is 27.9 Å². The summed E-state index contributed by atoms with van der Waals surface area (Å²) >= 11 is 0. The number of aromatic nitrogens is 5. The number of nitrogens with zero attached hydrogens (tertiary/aromatic N) is 5. The van der Waals surface area contributed by atoms with E-state index in [1.807, 2.05) is 0 Å². The van der Waals surface area contributed by atoms with E-state index >= 15 is 0 Å². The van der Waals surface area contributed by atoms with E-state index in [4.69, 9.17) is 4.74 Å². The maximum absolute atomic E-state index is 11.3. The van der Waals surface area contributed by atoms with E-state index in [1.165, 1.54) is 11.7 Å². The number of sulfonamides is 1. The summed E-state index contributed by atoms with van der Waals surface area (Å²) in [5.74, 6) is 0.518. The highest BCUT2D eigenvalue weighted by molar-refractivity contribution is 7.89. The molecule has 0 spiro atoms. The zero-order valence-corrected chi connectivity index (χ0v) is 12.5. The Labute approximate surface area is 122 Å². The molecule has 2 heterocycles. The number of aryl methyl sites for hydroxylation is 1.